The molecular weight excluding hydrogens is 544 g/mol. The molecule has 2 saturated carbocycles. The second-order valence-electron chi connectivity index (χ2n) is 16.1. The number of allylic oxidation sites excluding steroid dienone is 2. The molecule has 0 aromatic heterocycles. The van der Waals surface area contributed by atoms with Crippen LogP contribution in [-0.2, 0) is 25.3 Å². The van der Waals surface area contributed by atoms with Gasteiger partial charge in [0.2, 0.25) is 0 Å². The first-order chi connectivity index (χ1) is 20.6. The average Bonchev–Trinajstić information content (AvgIpc) is 3.52. The molecule has 1 saturated heterocycles. The van der Waals surface area contributed by atoms with Gasteiger partial charge in [0.25, 0.3) is 0 Å². The van der Waals surface area contributed by atoms with Crippen LogP contribution in [0.5, 0.6) is 0 Å². The quantitative estimate of drug-likeness (QED) is 0.241. The van der Waals surface area contributed by atoms with Gasteiger partial charge in [0, 0.05) is 0 Å². The topological polar surface area (TPSA) is 64.6 Å². The van der Waals surface area contributed by atoms with Crippen LogP contribution in [0.4, 0.5) is 0 Å². The fraction of sp³-hybridized carbons (Fsp3) is 0.703. The second kappa shape index (κ2) is 13.8. The minimum absolute atomic E-state index is 0.0517. The summed E-state index contributed by atoms with van der Waals surface area (Å²) in [6.45, 7) is 16.5. The summed E-state index contributed by atoms with van der Waals surface area (Å²) in [7, 11) is 5.70. The monoisotopic (exact) mass is 600 g/mol. The fourth-order valence-electron chi connectivity index (χ4n) is 8.21. The summed E-state index contributed by atoms with van der Waals surface area (Å²) in [5.41, 5.74) is 1.27. The van der Waals surface area contributed by atoms with Crippen molar-refractivity contribution >= 4 is 32.3 Å². The van der Waals surface area contributed by atoms with E-state index in [-0.39, 0.29) is 41.3 Å². The van der Waals surface area contributed by atoms with Crippen molar-refractivity contribution in [2.45, 2.75) is 136 Å². The van der Waals surface area contributed by atoms with E-state index in [1.54, 1.807) is 12.9 Å². The first-order valence-electron chi connectivity index (χ1n) is 17.0. The van der Waals surface area contributed by atoms with Crippen molar-refractivity contribution in [3.05, 3.63) is 47.5 Å². The average molecular weight is 600 g/mol. The number of ketones is 1. The van der Waals surface area contributed by atoms with Crippen LogP contribution in [0, 0.1) is 29.1 Å². The van der Waals surface area contributed by atoms with E-state index in [0.29, 0.717) is 24.2 Å². The van der Waals surface area contributed by atoms with Crippen LogP contribution in [-0.4, -0.2) is 49.0 Å². The van der Waals surface area contributed by atoms with Crippen LogP contribution in [0.3, 0.4) is 0 Å². The van der Waals surface area contributed by atoms with Gasteiger partial charge in [-0.15, -0.1) is 0 Å². The maximum absolute atomic E-state index is 14.3. The van der Waals surface area contributed by atoms with Crippen molar-refractivity contribution in [2.24, 2.45) is 29.1 Å². The number of carbonyl (C=O) groups excluding carboxylic acids is 2. The molecule has 2 aliphatic carbocycles. The van der Waals surface area contributed by atoms with Crippen molar-refractivity contribution in [1.82, 2.24) is 5.32 Å². The van der Waals surface area contributed by atoms with Gasteiger partial charge in [0.05, 0.1) is 11.2 Å². The SMILES string of the molecule is [B]=C/C=C(/CCc1ccccc1)C1C[C@@H]2CC(NC(C)=O)(C(=O)CCC(C)(C)C)C(CCCB3OC(C)(C)C(C)(C)O3)[C@@H]2C1. The third-order valence-electron chi connectivity index (χ3n) is 11.1. The molecule has 1 N–H and O–H groups in total. The molecule has 5 atom stereocenters. The van der Waals surface area contributed by atoms with E-state index in [0.717, 1.165) is 57.7 Å². The molecule has 1 radical (unpaired) electrons. The first kappa shape index (κ1) is 34.9. The van der Waals surface area contributed by atoms with Gasteiger partial charge in [-0.3, -0.25) is 0 Å². The van der Waals surface area contributed by atoms with Gasteiger partial charge in [0.1, 0.15) is 0 Å². The molecule has 0 bridgehead atoms. The van der Waals surface area contributed by atoms with Gasteiger partial charge < -0.3 is 0 Å². The van der Waals surface area contributed by atoms with Crippen molar-refractivity contribution < 1.29 is 18.9 Å². The van der Waals surface area contributed by atoms with Gasteiger partial charge in [-0.05, 0) is 27.7 Å². The Hall–Kier alpha value is -1.98. The van der Waals surface area contributed by atoms with Crippen LogP contribution < -0.4 is 5.32 Å². The van der Waals surface area contributed by atoms with Gasteiger partial charge in [-0.25, -0.2) is 0 Å². The van der Waals surface area contributed by atoms with Crippen LogP contribution in [0.1, 0.15) is 112 Å². The molecule has 3 fully saturated rings. The number of hydrogen-bond donors (Lipinski definition) is 1. The van der Waals surface area contributed by atoms with Crippen LogP contribution in [0.15, 0.2) is 42.0 Å². The number of benzene rings is 1. The zero-order valence-corrected chi connectivity index (χ0v) is 28.7. The summed E-state index contributed by atoms with van der Waals surface area (Å²) in [4.78, 5) is 27.0. The van der Waals surface area contributed by atoms with Crippen LogP contribution in [0.2, 0.25) is 6.32 Å². The number of fused-ring (bicyclic) bond motifs is 1. The molecule has 7 heteroatoms. The van der Waals surface area contributed by atoms with E-state index in [9.17, 15) is 9.59 Å². The molecule has 0 spiro atoms. The summed E-state index contributed by atoms with van der Waals surface area (Å²) in [6, 6.07) is 10.6. The first-order valence-corrected chi connectivity index (χ1v) is 17.0. The van der Waals surface area contributed by atoms with Gasteiger partial charge in [0.15, 0.2) is 0 Å². The Morgan fingerprint density at radius 2 is 1.70 bits per heavy atom. The Labute approximate surface area is 268 Å². The molecule has 3 aliphatic rings. The molecule has 3 unspecified atom stereocenters. The molecular formula is C37H56B2NO4. The second-order valence-corrected chi connectivity index (χ2v) is 16.1. The fourth-order valence-corrected chi connectivity index (χ4v) is 8.21. The summed E-state index contributed by atoms with van der Waals surface area (Å²) < 4.78 is 12.6. The molecule has 239 valence electrons. The third kappa shape index (κ3) is 8.05. The molecule has 44 heavy (non-hydrogen) atoms. The van der Waals surface area contributed by atoms with Gasteiger partial charge in [-0.1, -0.05) is 20.8 Å². The number of nitrogens with one attached hydrogen (secondary N) is 1. The number of Topliss-reactive ketones (excluding diaryl/α,β-unsaturated/α-hetero) is 1. The molecule has 1 heterocycles. The van der Waals surface area contributed by atoms with E-state index in [1.807, 2.05) is 0 Å². The van der Waals surface area contributed by atoms with E-state index in [4.69, 9.17) is 16.8 Å². The van der Waals surface area contributed by atoms with Crippen molar-refractivity contribution in [2.75, 3.05) is 0 Å². The standard InChI is InChI=1S/C37H56B2NO4/c1-26(41)40-37(33(42)18-20-34(2,3)4)25-30-23-29(28(19-21-38)17-16-27-13-10-9-11-14-27)24-31(30)32(37)15-12-22-39-43-35(5,6)36(7,8)44-39/h9-11,13-14,19,21,29-32H,12,15-18,20,22-25H2,1-8H3,(H,40,41)/b28-19-/t29?,30-,31-,32?,37?/m1/s1. The third-order valence-corrected chi connectivity index (χ3v) is 11.1. The Morgan fingerprint density at radius 3 is 2.30 bits per heavy atom. The zero-order chi connectivity index (χ0) is 32.3. The molecule has 5 nitrogen and oxygen atoms in total. The van der Waals surface area contributed by atoms with E-state index in [2.05, 4.69) is 90.2 Å². The van der Waals surface area contributed by atoms with Crippen molar-refractivity contribution in [3.8, 4) is 0 Å². The van der Waals surface area contributed by atoms with Crippen molar-refractivity contribution in [1.29, 1.82) is 0 Å². The summed E-state index contributed by atoms with van der Waals surface area (Å²) in [5.74, 6) is 3.10. The number of carbonyl (C=O) groups is 2. The van der Waals surface area contributed by atoms with E-state index in [1.165, 1.54) is 11.1 Å². The molecule has 4 rings (SSSR count). The van der Waals surface area contributed by atoms with Crippen molar-refractivity contribution in [3.63, 3.8) is 0 Å². The van der Waals surface area contributed by atoms with E-state index >= 15 is 0 Å². The minimum atomic E-state index is -0.804. The van der Waals surface area contributed by atoms with Crippen LogP contribution in [0.25, 0.3) is 0 Å². The summed E-state index contributed by atoms with van der Waals surface area (Å²) >= 11 is 0. The zero-order valence-electron chi connectivity index (χ0n) is 28.7. The molecule has 1 aromatic carbocycles. The number of aryl methyl sites for hydroxylation is 1. The molecule has 1 aliphatic heterocycles. The predicted octanol–water partition coefficient (Wildman–Crippen LogP) is 7.32. The number of amides is 1. The Bertz CT molecular complexity index is 1190. The number of rotatable bonds is 13. The Balaban J connectivity index is 1.55. The summed E-state index contributed by atoms with van der Waals surface area (Å²) in [6.07, 6.45) is 10.7. The Kier molecular flexibility index (Phi) is 10.9. The van der Waals surface area contributed by atoms with E-state index < -0.39 is 5.54 Å². The van der Waals surface area contributed by atoms with Gasteiger partial charge >= 0.3 is 210 Å². The molecule has 1 aromatic rings. The molecule has 1 amide bonds. The maximum atomic E-state index is 14.3. The predicted molar refractivity (Wildman–Crippen MR) is 183 cm³/mol. The normalized spacial score (nSPS) is 29.4. The summed E-state index contributed by atoms with van der Waals surface area (Å²) in [5, 5.41) is 3.30. The number of hydrogen-bond acceptors (Lipinski definition) is 4. The Morgan fingerprint density at radius 1 is 1.05 bits per heavy atom. The van der Waals surface area contributed by atoms with Crippen LogP contribution >= 0.6 is 0 Å². The van der Waals surface area contributed by atoms with Gasteiger partial charge in [-0.2, -0.15) is 0 Å².